The topological polar surface area (TPSA) is 0 Å². The molecule has 1 atom stereocenters. The Hall–Kier alpha value is -1.30. The van der Waals surface area contributed by atoms with E-state index in [4.69, 9.17) is 0 Å². The van der Waals surface area contributed by atoms with Crippen LogP contribution in [0.2, 0.25) is 0 Å². The second kappa shape index (κ2) is 3.87. The van der Waals surface area contributed by atoms with E-state index in [0.29, 0.717) is 11.3 Å². The molecule has 0 N–H and O–H groups in total. The Morgan fingerprint density at radius 1 is 1.12 bits per heavy atom. The second-order valence-corrected chi connectivity index (χ2v) is 5.93. The quantitative estimate of drug-likeness (QED) is 0.640. The summed E-state index contributed by atoms with van der Waals surface area (Å²) in [5.74, 6) is 0.661. The van der Waals surface area contributed by atoms with Crippen molar-refractivity contribution in [3.8, 4) is 0 Å². The van der Waals surface area contributed by atoms with Crippen LogP contribution in [0.25, 0.3) is 0 Å². The van der Waals surface area contributed by atoms with Crippen LogP contribution in [0.3, 0.4) is 0 Å². The summed E-state index contributed by atoms with van der Waals surface area (Å²) in [7, 11) is 0. The predicted octanol–water partition coefficient (Wildman–Crippen LogP) is 4.85. The van der Waals surface area contributed by atoms with E-state index < -0.39 is 0 Å². The van der Waals surface area contributed by atoms with Crippen LogP contribution in [0.1, 0.15) is 44.6 Å². The van der Waals surface area contributed by atoms with Crippen LogP contribution in [0.15, 0.2) is 53.6 Å². The van der Waals surface area contributed by atoms with Gasteiger partial charge in [-0.3, -0.25) is 0 Å². The predicted molar refractivity (Wildman–Crippen MR) is 73.0 cm³/mol. The molecule has 88 valence electrons. The molecule has 1 aromatic carbocycles. The zero-order valence-corrected chi connectivity index (χ0v) is 10.7. The molecule has 0 bridgehead atoms. The van der Waals surface area contributed by atoms with E-state index >= 15 is 0 Å². The Morgan fingerprint density at radius 3 is 2.65 bits per heavy atom. The van der Waals surface area contributed by atoms with Crippen LogP contribution in [0, 0.1) is 5.41 Å². The first-order valence-electron chi connectivity index (χ1n) is 6.63. The largest absolute Gasteiger partial charge is 0.0801 e. The summed E-state index contributed by atoms with van der Waals surface area (Å²) >= 11 is 0. The molecule has 0 fully saturated rings. The summed E-state index contributed by atoms with van der Waals surface area (Å²) in [6, 6.07) is 11.0. The average Bonchev–Trinajstić information content (AvgIpc) is 2.81. The SMILES string of the molecule is CC1(C)CCC(c2ccccc2)C2=C1C=CC2. The molecule has 3 rings (SSSR count). The highest BCUT2D eigenvalue weighted by Gasteiger charge is 2.35. The van der Waals surface area contributed by atoms with Crippen LogP contribution >= 0.6 is 0 Å². The zero-order chi connectivity index (χ0) is 11.9. The number of rotatable bonds is 1. The smallest absolute Gasteiger partial charge is 0.00576 e. The first kappa shape index (κ1) is 10.8. The van der Waals surface area contributed by atoms with Crippen molar-refractivity contribution in [2.75, 3.05) is 0 Å². The minimum atomic E-state index is 0.383. The average molecular weight is 224 g/mol. The molecule has 1 aromatic rings. The number of hydrogen-bond acceptors (Lipinski definition) is 0. The lowest BCUT2D eigenvalue weighted by Gasteiger charge is -2.36. The molecule has 1 unspecified atom stereocenters. The van der Waals surface area contributed by atoms with Gasteiger partial charge in [-0.2, -0.15) is 0 Å². The van der Waals surface area contributed by atoms with Gasteiger partial charge in [0.25, 0.3) is 0 Å². The van der Waals surface area contributed by atoms with Gasteiger partial charge in [-0.05, 0) is 35.8 Å². The molecule has 0 nitrogen and oxygen atoms in total. The van der Waals surface area contributed by atoms with Gasteiger partial charge in [-0.15, -0.1) is 0 Å². The molecule has 0 aliphatic heterocycles. The fourth-order valence-electron chi connectivity index (χ4n) is 3.38. The number of benzene rings is 1. The van der Waals surface area contributed by atoms with Gasteiger partial charge in [0, 0.05) is 5.92 Å². The molecular formula is C17H20. The first-order valence-corrected chi connectivity index (χ1v) is 6.63. The van der Waals surface area contributed by atoms with Crippen LogP contribution in [-0.2, 0) is 0 Å². The van der Waals surface area contributed by atoms with Crippen molar-refractivity contribution in [1.29, 1.82) is 0 Å². The normalized spacial score (nSPS) is 26.1. The molecule has 0 aromatic heterocycles. The molecule has 17 heavy (non-hydrogen) atoms. The summed E-state index contributed by atoms with van der Waals surface area (Å²) in [4.78, 5) is 0. The minimum absolute atomic E-state index is 0.383. The fourth-order valence-corrected chi connectivity index (χ4v) is 3.38. The fraction of sp³-hybridized carbons (Fsp3) is 0.412. The minimum Gasteiger partial charge on any atom is -0.0801 e. The van der Waals surface area contributed by atoms with Crippen molar-refractivity contribution in [2.24, 2.45) is 5.41 Å². The van der Waals surface area contributed by atoms with Gasteiger partial charge in [-0.1, -0.05) is 61.9 Å². The Kier molecular flexibility index (Phi) is 2.47. The second-order valence-electron chi connectivity index (χ2n) is 5.93. The van der Waals surface area contributed by atoms with Gasteiger partial charge in [0.15, 0.2) is 0 Å². The van der Waals surface area contributed by atoms with Crippen molar-refractivity contribution >= 4 is 0 Å². The highest BCUT2D eigenvalue weighted by molar-refractivity contribution is 5.46. The summed E-state index contributed by atoms with van der Waals surface area (Å²) in [5.41, 5.74) is 5.16. The monoisotopic (exact) mass is 224 g/mol. The van der Waals surface area contributed by atoms with Crippen LogP contribution < -0.4 is 0 Å². The van der Waals surface area contributed by atoms with Gasteiger partial charge >= 0.3 is 0 Å². The number of allylic oxidation sites excluding steroid dienone is 4. The van der Waals surface area contributed by atoms with E-state index in [0.717, 1.165) is 0 Å². The van der Waals surface area contributed by atoms with E-state index in [1.807, 2.05) is 0 Å². The highest BCUT2D eigenvalue weighted by atomic mass is 14.4. The maximum atomic E-state index is 2.39. The lowest BCUT2D eigenvalue weighted by Crippen LogP contribution is -2.22. The van der Waals surface area contributed by atoms with E-state index in [9.17, 15) is 0 Å². The molecule has 0 saturated heterocycles. The van der Waals surface area contributed by atoms with Gasteiger partial charge in [0.05, 0.1) is 0 Å². The lowest BCUT2D eigenvalue weighted by molar-refractivity contribution is 0.361. The Balaban J connectivity index is 2.03. The third kappa shape index (κ3) is 1.76. The zero-order valence-electron chi connectivity index (χ0n) is 10.7. The molecule has 2 aliphatic rings. The highest BCUT2D eigenvalue weighted by Crippen LogP contribution is 2.50. The molecule has 0 heterocycles. The summed E-state index contributed by atoms with van der Waals surface area (Å²) in [6.07, 6.45) is 8.48. The van der Waals surface area contributed by atoms with Crippen LogP contribution in [-0.4, -0.2) is 0 Å². The Bertz CT molecular complexity index is 474. The van der Waals surface area contributed by atoms with Gasteiger partial charge in [0.1, 0.15) is 0 Å². The third-order valence-electron chi connectivity index (χ3n) is 4.38. The molecular weight excluding hydrogens is 204 g/mol. The van der Waals surface area contributed by atoms with Gasteiger partial charge < -0.3 is 0 Å². The van der Waals surface area contributed by atoms with Crippen molar-refractivity contribution < 1.29 is 0 Å². The molecule has 0 radical (unpaired) electrons. The maximum absolute atomic E-state index is 2.39. The summed E-state index contributed by atoms with van der Waals surface area (Å²) < 4.78 is 0. The van der Waals surface area contributed by atoms with E-state index in [-0.39, 0.29) is 0 Å². The van der Waals surface area contributed by atoms with Crippen molar-refractivity contribution in [2.45, 2.75) is 39.0 Å². The lowest BCUT2D eigenvalue weighted by atomic mass is 9.68. The van der Waals surface area contributed by atoms with Crippen molar-refractivity contribution in [1.82, 2.24) is 0 Å². The van der Waals surface area contributed by atoms with Crippen molar-refractivity contribution in [3.05, 3.63) is 59.2 Å². The molecule has 2 aliphatic carbocycles. The van der Waals surface area contributed by atoms with Crippen molar-refractivity contribution in [3.63, 3.8) is 0 Å². The van der Waals surface area contributed by atoms with E-state index in [1.165, 1.54) is 24.8 Å². The molecule has 0 saturated carbocycles. The third-order valence-corrected chi connectivity index (χ3v) is 4.38. The number of hydrogen-bond donors (Lipinski definition) is 0. The van der Waals surface area contributed by atoms with Gasteiger partial charge in [0.2, 0.25) is 0 Å². The molecule has 0 amide bonds. The first-order chi connectivity index (χ1) is 8.18. The van der Waals surface area contributed by atoms with Gasteiger partial charge in [-0.25, -0.2) is 0 Å². The molecule has 0 spiro atoms. The Morgan fingerprint density at radius 2 is 1.88 bits per heavy atom. The maximum Gasteiger partial charge on any atom is 0.00576 e. The summed E-state index contributed by atoms with van der Waals surface area (Å²) in [5, 5.41) is 0. The standard InChI is InChI=1S/C17H20/c1-17(2)12-11-14(13-7-4-3-5-8-13)15-9-6-10-16(15)17/h3-8,10,14H,9,11-12H2,1-2H3. The van der Waals surface area contributed by atoms with Crippen LogP contribution in [0.4, 0.5) is 0 Å². The van der Waals surface area contributed by atoms with E-state index in [2.05, 4.69) is 56.3 Å². The summed E-state index contributed by atoms with van der Waals surface area (Å²) in [6.45, 7) is 4.78. The Labute approximate surface area is 104 Å². The van der Waals surface area contributed by atoms with Crippen LogP contribution in [0.5, 0.6) is 0 Å². The molecule has 0 heteroatoms. The van der Waals surface area contributed by atoms with E-state index in [1.54, 1.807) is 11.1 Å².